The fourth-order valence-corrected chi connectivity index (χ4v) is 1.95. The SMILES string of the molecule is CC(C)CCN1CC=Cc2ccccc21. The first-order valence-corrected chi connectivity index (χ1v) is 5.78. The second-order valence-electron chi connectivity index (χ2n) is 4.59. The Bertz CT molecular complexity index is 352. The normalized spacial score (nSPS) is 14.5. The Morgan fingerprint density at radius 2 is 2.07 bits per heavy atom. The van der Waals surface area contributed by atoms with Crippen molar-refractivity contribution in [1.29, 1.82) is 0 Å². The molecule has 1 heteroatoms. The van der Waals surface area contributed by atoms with Crippen LogP contribution in [0.4, 0.5) is 5.69 Å². The van der Waals surface area contributed by atoms with E-state index in [-0.39, 0.29) is 0 Å². The molecule has 0 spiro atoms. The lowest BCUT2D eigenvalue weighted by Gasteiger charge is -2.28. The molecule has 1 aromatic carbocycles. The van der Waals surface area contributed by atoms with Gasteiger partial charge in [0.25, 0.3) is 0 Å². The largest absolute Gasteiger partial charge is 0.367 e. The maximum Gasteiger partial charge on any atom is 0.0442 e. The van der Waals surface area contributed by atoms with Gasteiger partial charge in [-0.15, -0.1) is 0 Å². The Hall–Kier alpha value is -1.24. The molecule has 0 fully saturated rings. The van der Waals surface area contributed by atoms with E-state index in [1.165, 1.54) is 24.2 Å². The molecule has 1 aliphatic heterocycles. The van der Waals surface area contributed by atoms with Crippen molar-refractivity contribution in [2.24, 2.45) is 5.92 Å². The number of fused-ring (bicyclic) bond motifs is 1. The van der Waals surface area contributed by atoms with Gasteiger partial charge in [-0.2, -0.15) is 0 Å². The summed E-state index contributed by atoms with van der Waals surface area (Å²) in [6, 6.07) is 8.64. The van der Waals surface area contributed by atoms with E-state index in [2.05, 4.69) is 55.2 Å². The summed E-state index contributed by atoms with van der Waals surface area (Å²) in [5, 5.41) is 0. The minimum atomic E-state index is 0.781. The Kier molecular flexibility index (Phi) is 3.10. The fourth-order valence-electron chi connectivity index (χ4n) is 1.95. The zero-order valence-corrected chi connectivity index (χ0v) is 9.61. The molecule has 2 rings (SSSR count). The smallest absolute Gasteiger partial charge is 0.0442 e. The molecule has 0 saturated heterocycles. The molecular formula is C14H19N. The van der Waals surface area contributed by atoms with Crippen molar-refractivity contribution in [3.05, 3.63) is 35.9 Å². The summed E-state index contributed by atoms with van der Waals surface area (Å²) in [5.41, 5.74) is 2.74. The van der Waals surface area contributed by atoms with Crippen LogP contribution in [-0.2, 0) is 0 Å². The summed E-state index contributed by atoms with van der Waals surface area (Å²) in [4.78, 5) is 2.47. The molecule has 1 nitrogen and oxygen atoms in total. The Morgan fingerprint density at radius 3 is 2.87 bits per heavy atom. The van der Waals surface area contributed by atoms with E-state index in [1.807, 2.05) is 0 Å². The lowest BCUT2D eigenvalue weighted by atomic mass is 10.1. The average molecular weight is 201 g/mol. The molecule has 0 aliphatic carbocycles. The van der Waals surface area contributed by atoms with E-state index in [4.69, 9.17) is 0 Å². The summed E-state index contributed by atoms with van der Waals surface area (Å²) in [6.07, 6.45) is 5.74. The molecule has 0 unspecified atom stereocenters. The predicted molar refractivity (Wildman–Crippen MR) is 67.1 cm³/mol. The van der Waals surface area contributed by atoms with Crippen LogP contribution in [0.1, 0.15) is 25.8 Å². The number of para-hydroxylation sites is 1. The highest BCUT2D eigenvalue weighted by molar-refractivity contribution is 5.71. The molecule has 1 aliphatic rings. The van der Waals surface area contributed by atoms with Crippen molar-refractivity contribution in [3.8, 4) is 0 Å². The topological polar surface area (TPSA) is 3.24 Å². The van der Waals surface area contributed by atoms with Crippen LogP contribution >= 0.6 is 0 Å². The number of rotatable bonds is 3. The fraction of sp³-hybridized carbons (Fsp3) is 0.429. The highest BCUT2D eigenvalue weighted by Gasteiger charge is 2.11. The van der Waals surface area contributed by atoms with Crippen molar-refractivity contribution in [2.45, 2.75) is 20.3 Å². The lowest BCUT2D eigenvalue weighted by Crippen LogP contribution is -2.27. The van der Waals surface area contributed by atoms with Crippen LogP contribution < -0.4 is 4.90 Å². The molecule has 0 aromatic heterocycles. The maximum atomic E-state index is 2.47. The van der Waals surface area contributed by atoms with Gasteiger partial charge in [0.2, 0.25) is 0 Å². The lowest BCUT2D eigenvalue weighted by molar-refractivity contribution is 0.579. The van der Waals surface area contributed by atoms with Gasteiger partial charge in [-0.1, -0.05) is 44.2 Å². The van der Waals surface area contributed by atoms with Gasteiger partial charge in [0.05, 0.1) is 0 Å². The third-order valence-electron chi connectivity index (χ3n) is 2.88. The number of hydrogen-bond acceptors (Lipinski definition) is 1. The molecule has 0 radical (unpaired) electrons. The standard InChI is InChI=1S/C14H19N/c1-12(2)9-11-15-10-5-7-13-6-3-4-8-14(13)15/h3-8,12H,9-11H2,1-2H3. The highest BCUT2D eigenvalue weighted by atomic mass is 15.1. The molecule has 1 aromatic rings. The minimum Gasteiger partial charge on any atom is -0.367 e. The molecular weight excluding hydrogens is 182 g/mol. The van der Waals surface area contributed by atoms with Crippen LogP contribution in [0, 0.1) is 5.92 Å². The highest BCUT2D eigenvalue weighted by Crippen LogP contribution is 2.25. The van der Waals surface area contributed by atoms with Gasteiger partial charge < -0.3 is 4.90 Å². The zero-order valence-electron chi connectivity index (χ0n) is 9.61. The summed E-state index contributed by atoms with van der Waals surface area (Å²) in [7, 11) is 0. The van der Waals surface area contributed by atoms with Crippen LogP contribution in [-0.4, -0.2) is 13.1 Å². The molecule has 80 valence electrons. The van der Waals surface area contributed by atoms with Gasteiger partial charge in [0, 0.05) is 18.8 Å². The second-order valence-corrected chi connectivity index (χ2v) is 4.59. The third kappa shape index (κ3) is 2.41. The Morgan fingerprint density at radius 1 is 1.27 bits per heavy atom. The average Bonchev–Trinajstić information content (AvgIpc) is 2.26. The number of anilines is 1. The Balaban J connectivity index is 2.12. The molecule has 1 heterocycles. The molecule has 0 N–H and O–H groups in total. The van der Waals surface area contributed by atoms with Crippen LogP contribution in [0.2, 0.25) is 0 Å². The molecule has 0 atom stereocenters. The van der Waals surface area contributed by atoms with Gasteiger partial charge in [-0.3, -0.25) is 0 Å². The monoisotopic (exact) mass is 201 g/mol. The van der Waals surface area contributed by atoms with Crippen molar-refractivity contribution < 1.29 is 0 Å². The molecule has 0 saturated carbocycles. The molecule has 0 amide bonds. The summed E-state index contributed by atoms with van der Waals surface area (Å²) < 4.78 is 0. The first-order chi connectivity index (χ1) is 7.27. The van der Waals surface area contributed by atoms with E-state index in [0.29, 0.717) is 0 Å². The van der Waals surface area contributed by atoms with Gasteiger partial charge in [0.15, 0.2) is 0 Å². The number of benzene rings is 1. The summed E-state index contributed by atoms with van der Waals surface area (Å²) >= 11 is 0. The van der Waals surface area contributed by atoms with E-state index in [0.717, 1.165) is 12.5 Å². The first-order valence-electron chi connectivity index (χ1n) is 5.78. The van der Waals surface area contributed by atoms with E-state index < -0.39 is 0 Å². The molecule has 15 heavy (non-hydrogen) atoms. The second kappa shape index (κ2) is 4.52. The van der Waals surface area contributed by atoms with Gasteiger partial charge in [-0.05, 0) is 24.0 Å². The van der Waals surface area contributed by atoms with Crippen molar-refractivity contribution in [2.75, 3.05) is 18.0 Å². The van der Waals surface area contributed by atoms with Gasteiger partial charge in [0.1, 0.15) is 0 Å². The van der Waals surface area contributed by atoms with Crippen molar-refractivity contribution in [1.82, 2.24) is 0 Å². The number of hydrogen-bond donors (Lipinski definition) is 0. The van der Waals surface area contributed by atoms with Crippen LogP contribution in [0.15, 0.2) is 30.3 Å². The van der Waals surface area contributed by atoms with Crippen molar-refractivity contribution >= 4 is 11.8 Å². The maximum absolute atomic E-state index is 2.47. The Labute approximate surface area is 92.4 Å². The third-order valence-corrected chi connectivity index (χ3v) is 2.88. The van der Waals surface area contributed by atoms with E-state index in [9.17, 15) is 0 Å². The van der Waals surface area contributed by atoms with Crippen LogP contribution in [0.25, 0.3) is 6.08 Å². The first kappa shape index (κ1) is 10.3. The van der Waals surface area contributed by atoms with Crippen LogP contribution in [0.3, 0.4) is 0 Å². The zero-order chi connectivity index (χ0) is 10.7. The van der Waals surface area contributed by atoms with E-state index in [1.54, 1.807) is 0 Å². The summed E-state index contributed by atoms with van der Waals surface area (Å²) in [6.45, 7) is 6.79. The van der Waals surface area contributed by atoms with Gasteiger partial charge >= 0.3 is 0 Å². The number of nitrogens with zero attached hydrogens (tertiary/aromatic N) is 1. The molecule has 0 bridgehead atoms. The quantitative estimate of drug-likeness (QED) is 0.722. The minimum absolute atomic E-state index is 0.781. The van der Waals surface area contributed by atoms with Crippen LogP contribution in [0.5, 0.6) is 0 Å². The van der Waals surface area contributed by atoms with E-state index >= 15 is 0 Å². The van der Waals surface area contributed by atoms with Gasteiger partial charge in [-0.25, -0.2) is 0 Å². The van der Waals surface area contributed by atoms with Crippen molar-refractivity contribution in [3.63, 3.8) is 0 Å². The summed E-state index contributed by atoms with van der Waals surface area (Å²) in [5.74, 6) is 0.781. The predicted octanol–water partition coefficient (Wildman–Crippen LogP) is 3.57.